The van der Waals surface area contributed by atoms with Gasteiger partial charge in [-0.3, -0.25) is 14.5 Å². The third-order valence-electron chi connectivity index (χ3n) is 5.19. The van der Waals surface area contributed by atoms with Crippen LogP contribution in [0.4, 0.5) is 0 Å². The summed E-state index contributed by atoms with van der Waals surface area (Å²) < 4.78 is 5.65. The maximum Gasteiger partial charge on any atom is 0.237 e. The summed E-state index contributed by atoms with van der Waals surface area (Å²) in [6.07, 6.45) is 3.56. The molecule has 0 radical (unpaired) electrons. The molecule has 2 fully saturated rings. The van der Waals surface area contributed by atoms with Gasteiger partial charge in [0.05, 0.1) is 13.1 Å². The first-order valence-electron chi connectivity index (χ1n) is 8.30. The van der Waals surface area contributed by atoms with Gasteiger partial charge in [-0.1, -0.05) is 0 Å². The van der Waals surface area contributed by atoms with Crippen LogP contribution in [0.25, 0.3) is 0 Å². The molecule has 6 nitrogen and oxygen atoms in total. The summed E-state index contributed by atoms with van der Waals surface area (Å²) >= 11 is 0. The van der Waals surface area contributed by atoms with Crippen LogP contribution in [0.3, 0.4) is 0 Å². The molecule has 2 N–H and O–H groups in total. The third kappa shape index (κ3) is 3.75. The number of nitrogens with two attached hydrogens (primary N) is 1. The minimum absolute atomic E-state index is 0.0516. The summed E-state index contributed by atoms with van der Waals surface area (Å²) in [5, 5.41) is 0. The van der Waals surface area contributed by atoms with Crippen LogP contribution in [-0.2, 0) is 16.1 Å². The van der Waals surface area contributed by atoms with Crippen molar-refractivity contribution in [1.82, 2.24) is 9.80 Å². The molecule has 2 saturated heterocycles. The molecule has 126 valence electrons. The fourth-order valence-corrected chi connectivity index (χ4v) is 3.82. The Balaban J connectivity index is 1.56. The highest BCUT2D eigenvalue weighted by atomic mass is 16.3. The van der Waals surface area contributed by atoms with Crippen molar-refractivity contribution < 1.29 is 14.0 Å². The van der Waals surface area contributed by atoms with E-state index in [2.05, 4.69) is 4.90 Å². The summed E-state index contributed by atoms with van der Waals surface area (Å²) in [6, 6.07) is 4.03. The summed E-state index contributed by atoms with van der Waals surface area (Å²) in [5.41, 5.74) is 5.41. The molecule has 0 atom stereocenters. The molecule has 0 aromatic carbocycles. The number of primary amides is 1. The normalized spacial score (nSPS) is 21.8. The Hall–Kier alpha value is -1.82. The van der Waals surface area contributed by atoms with Crippen molar-refractivity contribution in [3.8, 4) is 0 Å². The molecule has 0 saturated carbocycles. The van der Waals surface area contributed by atoms with E-state index >= 15 is 0 Å². The number of piperidine rings is 2. The van der Waals surface area contributed by atoms with Gasteiger partial charge in [0, 0.05) is 13.0 Å². The van der Waals surface area contributed by atoms with Crippen LogP contribution < -0.4 is 5.73 Å². The topological polar surface area (TPSA) is 79.8 Å². The second kappa shape index (κ2) is 6.35. The predicted octanol–water partition coefficient (Wildman–Crippen LogP) is 1.28. The van der Waals surface area contributed by atoms with Gasteiger partial charge in [0.25, 0.3) is 0 Å². The summed E-state index contributed by atoms with van der Waals surface area (Å²) in [7, 11) is 0. The Bertz CT molecular complexity index is 588. The number of amides is 2. The van der Waals surface area contributed by atoms with Crippen molar-refractivity contribution >= 4 is 11.8 Å². The molecule has 3 rings (SSSR count). The van der Waals surface area contributed by atoms with Crippen LogP contribution in [0.5, 0.6) is 0 Å². The monoisotopic (exact) mass is 319 g/mol. The first-order chi connectivity index (χ1) is 11.0. The van der Waals surface area contributed by atoms with Gasteiger partial charge in [-0.15, -0.1) is 0 Å². The van der Waals surface area contributed by atoms with Crippen LogP contribution >= 0.6 is 0 Å². The average molecular weight is 319 g/mol. The van der Waals surface area contributed by atoms with E-state index in [0.29, 0.717) is 13.0 Å². The largest absolute Gasteiger partial charge is 0.465 e. The Morgan fingerprint density at radius 1 is 1.30 bits per heavy atom. The highest BCUT2D eigenvalue weighted by Gasteiger charge is 2.41. The van der Waals surface area contributed by atoms with Gasteiger partial charge in [-0.2, -0.15) is 0 Å². The van der Waals surface area contributed by atoms with E-state index in [4.69, 9.17) is 10.2 Å². The van der Waals surface area contributed by atoms with E-state index in [1.165, 1.54) is 0 Å². The highest BCUT2D eigenvalue weighted by molar-refractivity contribution is 5.84. The zero-order valence-corrected chi connectivity index (χ0v) is 13.7. The fraction of sp³-hybridized carbons (Fsp3) is 0.647. The molecule has 0 aliphatic carbocycles. The molecule has 3 heterocycles. The van der Waals surface area contributed by atoms with Crippen molar-refractivity contribution in [3.63, 3.8) is 0 Å². The molecule has 6 heteroatoms. The van der Waals surface area contributed by atoms with E-state index in [0.717, 1.165) is 50.4 Å². The maximum absolute atomic E-state index is 12.0. The summed E-state index contributed by atoms with van der Waals surface area (Å²) in [4.78, 5) is 27.2. The van der Waals surface area contributed by atoms with Crippen LogP contribution in [0, 0.1) is 12.3 Å². The minimum Gasteiger partial charge on any atom is -0.465 e. The van der Waals surface area contributed by atoms with Crippen molar-refractivity contribution in [3.05, 3.63) is 23.7 Å². The van der Waals surface area contributed by atoms with Crippen LogP contribution in [0.15, 0.2) is 16.5 Å². The first-order valence-corrected chi connectivity index (χ1v) is 8.30. The molecule has 1 aromatic heterocycles. The van der Waals surface area contributed by atoms with Crippen LogP contribution in [0.2, 0.25) is 0 Å². The van der Waals surface area contributed by atoms with Gasteiger partial charge < -0.3 is 15.1 Å². The zero-order chi connectivity index (χ0) is 16.4. The molecule has 1 aromatic rings. The minimum atomic E-state index is -0.430. The lowest BCUT2D eigenvalue weighted by Crippen LogP contribution is -2.53. The number of rotatable bonds is 4. The van der Waals surface area contributed by atoms with E-state index in [1.807, 2.05) is 19.1 Å². The number of carbonyl (C=O) groups excluding carboxylic acids is 2. The Labute approximate surface area is 136 Å². The smallest absolute Gasteiger partial charge is 0.237 e. The lowest BCUT2D eigenvalue weighted by atomic mass is 9.72. The predicted molar refractivity (Wildman–Crippen MR) is 85.4 cm³/mol. The van der Waals surface area contributed by atoms with Gasteiger partial charge in [0.2, 0.25) is 11.8 Å². The van der Waals surface area contributed by atoms with Gasteiger partial charge >= 0.3 is 0 Å². The highest BCUT2D eigenvalue weighted by Crippen LogP contribution is 2.40. The number of carbonyl (C=O) groups is 2. The van der Waals surface area contributed by atoms with E-state index in [9.17, 15) is 9.59 Å². The molecule has 0 bridgehead atoms. The van der Waals surface area contributed by atoms with Crippen molar-refractivity contribution in [2.75, 3.05) is 26.2 Å². The second-order valence-corrected chi connectivity index (χ2v) is 7.00. The molecule has 1 spiro atoms. The molecular formula is C17H25N3O3. The zero-order valence-electron chi connectivity index (χ0n) is 13.7. The SMILES string of the molecule is Cc1ccc(CN2CCC3(CCC(=O)N(CC(N)=O)C3)CC2)o1. The standard InChI is InChI=1S/C17H25N3O3/c1-13-2-3-14(23-13)10-19-8-6-17(7-9-19)5-4-16(22)20(12-17)11-15(18)21/h2-3H,4-12H2,1H3,(H2,18,21). The second-order valence-electron chi connectivity index (χ2n) is 7.00. The van der Waals surface area contributed by atoms with Gasteiger partial charge in [0.15, 0.2) is 0 Å². The number of nitrogens with zero attached hydrogens (tertiary/aromatic N) is 2. The third-order valence-corrected chi connectivity index (χ3v) is 5.19. The van der Waals surface area contributed by atoms with Crippen LogP contribution in [-0.4, -0.2) is 47.8 Å². The number of hydrogen-bond acceptors (Lipinski definition) is 4. The number of furan rings is 1. The van der Waals surface area contributed by atoms with E-state index < -0.39 is 5.91 Å². The lowest BCUT2D eigenvalue weighted by Gasteiger charge is -2.47. The number of hydrogen-bond donors (Lipinski definition) is 1. The number of likely N-dealkylation sites (tertiary alicyclic amines) is 2. The van der Waals surface area contributed by atoms with Crippen molar-refractivity contribution in [1.29, 1.82) is 0 Å². The van der Waals surface area contributed by atoms with Gasteiger partial charge in [-0.05, 0) is 56.8 Å². The van der Waals surface area contributed by atoms with Gasteiger partial charge in [0.1, 0.15) is 11.5 Å². The lowest BCUT2D eigenvalue weighted by molar-refractivity contribution is -0.142. The van der Waals surface area contributed by atoms with E-state index in [-0.39, 0.29) is 17.9 Å². The Kier molecular flexibility index (Phi) is 4.43. The quantitative estimate of drug-likeness (QED) is 0.906. The first kappa shape index (κ1) is 16.1. The molecule has 2 aliphatic rings. The van der Waals surface area contributed by atoms with Crippen LogP contribution in [0.1, 0.15) is 37.2 Å². The maximum atomic E-state index is 12.0. The average Bonchev–Trinajstić information content (AvgIpc) is 2.91. The number of aryl methyl sites for hydroxylation is 1. The van der Waals surface area contributed by atoms with Gasteiger partial charge in [-0.25, -0.2) is 0 Å². The summed E-state index contributed by atoms with van der Waals surface area (Å²) in [6.45, 7) is 5.52. The van der Waals surface area contributed by atoms with Crippen molar-refractivity contribution in [2.24, 2.45) is 11.1 Å². The van der Waals surface area contributed by atoms with E-state index in [1.54, 1.807) is 4.90 Å². The Morgan fingerprint density at radius 2 is 2.04 bits per heavy atom. The Morgan fingerprint density at radius 3 is 2.65 bits per heavy atom. The molecule has 2 amide bonds. The summed E-state index contributed by atoms with van der Waals surface area (Å²) in [5.74, 6) is 1.58. The molecule has 0 unspecified atom stereocenters. The molecular weight excluding hydrogens is 294 g/mol. The molecule has 2 aliphatic heterocycles. The fourth-order valence-electron chi connectivity index (χ4n) is 3.82. The van der Waals surface area contributed by atoms with Crippen molar-refractivity contribution in [2.45, 2.75) is 39.2 Å². The molecule has 23 heavy (non-hydrogen) atoms.